The Morgan fingerprint density at radius 1 is 1.33 bits per heavy atom. The first-order valence-electron chi connectivity index (χ1n) is 6.06. The lowest BCUT2D eigenvalue weighted by molar-refractivity contribution is 0.566. The highest BCUT2D eigenvalue weighted by Crippen LogP contribution is 2.19. The minimum absolute atomic E-state index is 0.00961. The summed E-state index contributed by atoms with van der Waals surface area (Å²) < 4.78 is 27.0. The summed E-state index contributed by atoms with van der Waals surface area (Å²) in [5.74, 6) is 0. The van der Waals surface area contributed by atoms with Gasteiger partial charge in [0.1, 0.15) is 16.7 Å². The van der Waals surface area contributed by atoms with Gasteiger partial charge in [-0.05, 0) is 36.8 Å². The summed E-state index contributed by atoms with van der Waals surface area (Å²) in [6, 6.07) is 11.1. The largest absolute Gasteiger partial charge is 0.244 e. The van der Waals surface area contributed by atoms with Crippen LogP contribution in [0.4, 0.5) is 0 Å². The second-order valence-electron chi connectivity index (χ2n) is 4.39. The molecule has 1 aromatic carbocycles. The predicted molar refractivity (Wildman–Crippen MR) is 79.1 cm³/mol. The van der Waals surface area contributed by atoms with Crippen LogP contribution in [0.1, 0.15) is 24.2 Å². The summed E-state index contributed by atoms with van der Waals surface area (Å²) in [4.78, 5) is 3.77. The van der Waals surface area contributed by atoms with E-state index in [-0.39, 0.29) is 10.6 Å². The standard InChI is InChI=1S/C14H12ClN3O2S/c1-10(11-3-2-4-12(15)7-11)18-21(19,20)14-6-5-13(8-16)17-9-14/h2-7,9-10,18H,1H3. The van der Waals surface area contributed by atoms with Crippen LogP contribution >= 0.6 is 11.6 Å². The molecule has 1 unspecified atom stereocenters. The normalized spacial score (nSPS) is 12.6. The van der Waals surface area contributed by atoms with Gasteiger partial charge >= 0.3 is 0 Å². The lowest BCUT2D eigenvalue weighted by atomic mass is 10.1. The number of benzene rings is 1. The van der Waals surface area contributed by atoms with Crippen molar-refractivity contribution in [2.45, 2.75) is 17.9 Å². The van der Waals surface area contributed by atoms with Gasteiger partial charge in [-0.25, -0.2) is 18.1 Å². The first kappa shape index (κ1) is 15.4. The van der Waals surface area contributed by atoms with Crippen LogP contribution < -0.4 is 4.72 Å². The Balaban J connectivity index is 2.22. The number of sulfonamides is 1. The van der Waals surface area contributed by atoms with Crippen LogP contribution in [0, 0.1) is 11.3 Å². The van der Waals surface area contributed by atoms with Gasteiger partial charge in [-0.3, -0.25) is 0 Å². The fourth-order valence-corrected chi connectivity index (χ4v) is 3.13. The van der Waals surface area contributed by atoms with E-state index < -0.39 is 16.1 Å². The molecule has 21 heavy (non-hydrogen) atoms. The van der Waals surface area contributed by atoms with Crippen molar-refractivity contribution >= 4 is 21.6 Å². The molecular formula is C14H12ClN3O2S. The van der Waals surface area contributed by atoms with Crippen LogP contribution in [0.2, 0.25) is 5.02 Å². The highest BCUT2D eigenvalue weighted by Gasteiger charge is 2.18. The zero-order valence-electron chi connectivity index (χ0n) is 11.1. The fraction of sp³-hybridized carbons (Fsp3) is 0.143. The highest BCUT2D eigenvalue weighted by atomic mass is 35.5. The van der Waals surface area contributed by atoms with E-state index in [0.717, 1.165) is 11.8 Å². The van der Waals surface area contributed by atoms with E-state index in [1.165, 1.54) is 12.1 Å². The van der Waals surface area contributed by atoms with Crippen molar-refractivity contribution in [3.05, 3.63) is 58.9 Å². The minimum Gasteiger partial charge on any atom is -0.244 e. The summed E-state index contributed by atoms with van der Waals surface area (Å²) in [5, 5.41) is 9.20. The molecule has 5 nitrogen and oxygen atoms in total. The molecule has 7 heteroatoms. The van der Waals surface area contributed by atoms with Crippen LogP contribution in [0.15, 0.2) is 47.5 Å². The molecule has 2 aromatic rings. The lowest BCUT2D eigenvalue weighted by Crippen LogP contribution is -2.27. The first-order chi connectivity index (χ1) is 9.92. The molecule has 1 aromatic heterocycles. The SMILES string of the molecule is CC(NS(=O)(=O)c1ccc(C#N)nc1)c1cccc(Cl)c1. The summed E-state index contributed by atoms with van der Waals surface area (Å²) in [6.07, 6.45) is 1.16. The Hall–Kier alpha value is -1.94. The number of hydrogen-bond donors (Lipinski definition) is 1. The Kier molecular flexibility index (Phi) is 4.58. The Morgan fingerprint density at radius 3 is 2.67 bits per heavy atom. The number of pyridine rings is 1. The number of aromatic nitrogens is 1. The zero-order chi connectivity index (χ0) is 15.5. The van der Waals surface area contributed by atoms with Gasteiger partial charge in [0.25, 0.3) is 0 Å². The average molecular weight is 322 g/mol. The molecule has 0 saturated heterocycles. The molecule has 108 valence electrons. The van der Waals surface area contributed by atoms with Gasteiger partial charge in [0.15, 0.2) is 0 Å². The van der Waals surface area contributed by atoms with Crippen molar-refractivity contribution in [3.8, 4) is 6.07 Å². The van der Waals surface area contributed by atoms with Crippen LogP contribution in [0.3, 0.4) is 0 Å². The van der Waals surface area contributed by atoms with Crippen molar-refractivity contribution in [1.29, 1.82) is 5.26 Å². The Labute approximate surface area is 128 Å². The minimum atomic E-state index is -3.71. The zero-order valence-corrected chi connectivity index (χ0v) is 12.7. The summed E-state index contributed by atoms with van der Waals surface area (Å²) in [5.41, 5.74) is 0.921. The van der Waals surface area contributed by atoms with E-state index in [1.807, 2.05) is 6.07 Å². The summed E-state index contributed by atoms with van der Waals surface area (Å²) in [6.45, 7) is 1.72. The molecule has 0 radical (unpaired) electrons. The molecule has 1 atom stereocenters. The monoisotopic (exact) mass is 321 g/mol. The maximum absolute atomic E-state index is 12.2. The molecule has 0 aliphatic heterocycles. The number of hydrogen-bond acceptors (Lipinski definition) is 4. The van der Waals surface area contributed by atoms with Crippen LogP contribution in [0.5, 0.6) is 0 Å². The van der Waals surface area contributed by atoms with Crippen molar-refractivity contribution in [1.82, 2.24) is 9.71 Å². The number of rotatable bonds is 4. The third kappa shape index (κ3) is 3.79. The second-order valence-corrected chi connectivity index (χ2v) is 6.54. The van der Waals surface area contributed by atoms with Gasteiger partial charge in [-0.1, -0.05) is 23.7 Å². The van der Waals surface area contributed by atoms with Crippen molar-refractivity contribution < 1.29 is 8.42 Å². The van der Waals surface area contributed by atoms with E-state index >= 15 is 0 Å². The predicted octanol–water partition coefficient (Wildman–Crippen LogP) is 2.65. The van der Waals surface area contributed by atoms with Gasteiger partial charge in [0.2, 0.25) is 10.0 Å². The average Bonchev–Trinajstić information content (AvgIpc) is 2.47. The van der Waals surface area contributed by atoms with Crippen molar-refractivity contribution in [2.75, 3.05) is 0 Å². The highest BCUT2D eigenvalue weighted by molar-refractivity contribution is 7.89. The Morgan fingerprint density at radius 2 is 2.10 bits per heavy atom. The Bertz CT molecular complexity index is 783. The van der Waals surface area contributed by atoms with Gasteiger partial charge in [0, 0.05) is 17.3 Å². The maximum Gasteiger partial charge on any atom is 0.242 e. The van der Waals surface area contributed by atoms with Gasteiger partial charge in [-0.2, -0.15) is 5.26 Å². The molecule has 1 N–H and O–H groups in total. The number of nitrogens with zero attached hydrogens (tertiary/aromatic N) is 2. The molecule has 0 saturated carbocycles. The number of nitrogens with one attached hydrogen (secondary N) is 1. The molecule has 0 aliphatic carbocycles. The van der Waals surface area contributed by atoms with E-state index in [4.69, 9.17) is 16.9 Å². The molecule has 0 amide bonds. The van der Waals surface area contributed by atoms with Gasteiger partial charge in [0.05, 0.1) is 0 Å². The van der Waals surface area contributed by atoms with E-state index in [2.05, 4.69) is 9.71 Å². The second kappa shape index (κ2) is 6.22. The third-order valence-corrected chi connectivity index (χ3v) is 4.60. The summed E-state index contributed by atoms with van der Waals surface area (Å²) >= 11 is 5.89. The molecule has 2 rings (SSSR count). The van der Waals surface area contributed by atoms with E-state index in [0.29, 0.717) is 5.02 Å². The number of nitriles is 1. The first-order valence-corrected chi connectivity index (χ1v) is 7.92. The molecule has 0 spiro atoms. The van der Waals surface area contributed by atoms with Gasteiger partial charge < -0.3 is 0 Å². The van der Waals surface area contributed by atoms with E-state index in [9.17, 15) is 8.42 Å². The molecule has 0 bridgehead atoms. The van der Waals surface area contributed by atoms with Crippen LogP contribution in [-0.4, -0.2) is 13.4 Å². The number of halogens is 1. The molecule has 1 heterocycles. The smallest absolute Gasteiger partial charge is 0.242 e. The lowest BCUT2D eigenvalue weighted by Gasteiger charge is -2.14. The van der Waals surface area contributed by atoms with Crippen LogP contribution in [0.25, 0.3) is 0 Å². The maximum atomic E-state index is 12.2. The summed E-state index contributed by atoms with van der Waals surface area (Å²) in [7, 11) is -3.71. The molecule has 0 fully saturated rings. The quantitative estimate of drug-likeness (QED) is 0.938. The van der Waals surface area contributed by atoms with E-state index in [1.54, 1.807) is 31.2 Å². The van der Waals surface area contributed by atoms with Gasteiger partial charge in [-0.15, -0.1) is 0 Å². The fourth-order valence-electron chi connectivity index (χ4n) is 1.75. The van der Waals surface area contributed by atoms with Crippen LogP contribution in [-0.2, 0) is 10.0 Å². The molecular weight excluding hydrogens is 310 g/mol. The molecule has 0 aliphatic rings. The van der Waals surface area contributed by atoms with Crippen molar-refractivity contribution in [3.63, 3.8) is 0 Å². The third-order valence-electron chi connectivity index (χ3n) is 2.84. The topological polar surface area (TPSA) is 82.9 Å². The van der Waals surface area contributed by atoms with Crippen molar-refractivity contribution in [2.24, 2.45) is 0 Å².